The molecule has 1 aromatic rings. The lowest BCUT2D eigenvalue weighted by molar-refractivity contribution is -0.124. The summed E-state index contributed by atoms with van der Waals surface area (Å²) in [6.07, 6.45) is 9.87. The third kappa shape index (κ3) is 3.22. The van der Waals surface area contributed by atoms with Gasteiger partial charge in [-0.05, 0) is 61.6 Å². The first-order chi connectivity index (χ1) is 10.1. The molecule has 0 radical (unpaired) electrons. The van der Waals surface area contributed by atoms with Gasteiger partial charge in [0.25, 0.3) is 0 Å². The Morgan fingerprint density at radius 1 is 1.00 bits per heavy atom. The monoisotopic (exact) mass is 284 g/mol. The first-order valence-corrected chi connectivity index (χ1v) is 8.73. The van der Waals surface area contributed by atoms with Crippen molar-refractivity contribution in [1.82, 2.24) is 0 Å². The first-order valence-electron chi connectivity index (χ1n) is 8.73. The van der Waals surface area contributed by atoms with Crippen LogP contribution in [0.15, 0.2) is 18.2 Å². The lowest BCUT2D eigenvalue weighted by Crippen LogP contribution is -2.32. The van der Waals surface area contributed by atoms with Crippen LogP contribution >= 0.6 is 0 Å². The number of Topliss-reactive ketones (excluding diaryl/α,β-unsaturated/α-hetero) is 1. The smallest absolute Gasteiger partial charge is 0.140 e. The van der Waals surface area contributed by atoms with Gasteiger partial charge in [0.1, 0.15) is 5.78 Å². The Morgan fingerprint density at radius 3 is 2.38 bits per heavy atom. The molecule has 114 valence electrons. The third-order valence-corrected chi connectivity index (χ3v) is 5.99. The highest BCUT2D eigenvalue weighted by Crippen LogP contribution is 2.43. The predicted octanol–water partition coefficient (Wildman–Crippen LogP) is 5.02. The van der Waals surface area contributed by atoms with Crippen LogP contribution in [0.2, 0.25) is 0 Å². The molecule has 2 aliphatic carbocycles. The highest BCUT2D eigenvalue weighted by Gasteiger charge is 2.34. The molecule has 0 bridgehead atoms. The van der Waals surface area contributed by atoms with Crippen molar-refractivity contribution in [3.05, 3.63) is 34.9 Å². The van der Waals surface area contributed by atoms with Gasteiger partial charge in [0.15, 0.2) is 0 Å². The fourth-order valence-electron chi connectivity index (χ4n) is 4.61. The number of hydrogen-bond donors (Lipinski definition) is 0. The van der Waals surface area contributed by atoms with Gasteiger partial charge in [-0.1, -0.05) is 43.9 Å². The number of fused-ring (bicyclic) bond motifs is 1. The maximum absolute atomic E-state index is 12.7. The number of hydrogen-bond acceptors (Lipinski definition) is 1. The Hall–Kier alpha value is -1.11. The van der Waals surface area contributed by atoms with Gasteiger partial charge in [0.05, 0.1) is 0 Å². The summed E-state index contributed by atoms with van der Waals surface area (Å²) in [5, 5.41) is 0. The van der Waals surface area contributed by atoms with E-state index in [1.165, 1.54) is 55.2 Å². The van der Waals surface area contributed by atoms with Crippen molar-refractivity contribution >= 4 is 5.78 Å². The van der Waals surface area contributed by atoms with E-state index >= 15 is 0 Å². The first kappa shape index (κ1) is 14.8. The fraction of sp³-hybridized carbons (Fsp3) is 0.650. The molecule has 1 nitrogen and oxygen atoms in total. The van der Waals surface area contributed by atoms with Gasteiger partial charge in [-0.3, -0.25) is 4.79 Å². The van der Waals surface area contributed by atoms with Crippen LogP contribution in [-0.4, -0.2) is 5.78 Å². The summed E-state index contributed by atoms with van der Waals surface area (Å²) < 4.78 is 0. The summed E-state index contributed by atoms with van der Waals surface area (Å²) in [7, 11) is 0. The summed E-state index contributed by atoms with van der Waals surface area (Å²) in [5.74, 6) is 2.61. The standard InChI is InChI=1S/C20H28O/c1-14-6-5-7-15(2)19(14)13-20(21)18-11-10-16-8-3-4-9-17(16)12-18/h5-7,16-18H,3-4,8-13H2,1-2H3. The zero-order valence-corrected chi connectivity index (χ0v) is 13.5. The van der Waals surface area contributed by atoms with E-state index in [-0.39, 0.29) is 0 Å². The predicted molar refractivity (Wildman–Crippen MR) is 87.4 cm³/mol. The SMILES string of the molecule is Cc1cccc(C)c1CC(=O)C1CCC2CCCCC2C1. The molecular formula is C20H28O. The van der Waals surface area contributed by atoms with Crippen LogP contribution in [-0.2, 0) is 11.2 Å². The van der Waals surface area contributed by atoms with Gasteiger partial charge in [-0.15, -0.1) is 0 Å². The average molecular weight is 284 g/mol. The second-order valence-electron chi connectivity index (χ2n) is 7.33. The molecule has 1 aromatic carbocycles. The number of carbonyl (C=O) groups is 1. The summed E-state index contributed by atoms with van der Waals surface area (Å²) in [5.41, 5.74) is 3.82. The van der Waals surface area contributed by atoms with Crippen LogP contribution in [0.4, 0.5) is 0 Å². The minimum atomic E-state index is 0.336. The molecule has 0 spiro atoms. The topological polar surface area (TPSA) is 17.1 Å². The lowest BCUT2D eigenvalue weighted by Gasteiger charge is -2.38. The molecule has 0 heterocycles. The van der Waals surface area contributed by atoms with E-state index < -0.39 is 0 Å². The molecule has 3 rings (SSSR count). The largest absolute Gasteiger partial charge is 0.299 e. The minimum absolute atomic E-state index is 0.336. The van der Waals surface area contributed by atoms with Gasteiger partial charge in [0, 0.05) is 12.3 Å². The van der Waals surface area contributed by atoms with Crippen molar-refractivity contribution in [2.24, 2.45) is 17.8 Å². The number of rotatable bonds is 3. The number of carbonyl (C=O) groups excluding carboxylic acids is 1. The third-order valence-electron chi connectivity index (χ3n) is 5.99. The van der Waals surface area contributed by atoms with E-state index in [4.69, 9.17) is 0 Å². The highest BCUT2D eigenvalue weighted by atomic mass is 16.1. The van der Waals surface area contributed by atoms with Crippen molar-refractivity contribution in [2.45, 2.75) is 65.2 Å². The van der Waals surface area contributed by atoms with Gasteiger partial charge in [-0.25, -0.2) is 0 Å². The second-order valence-corrected chi connectivity index (χ2v) is 7.33. The molecule has 0 aliphatic heterocycles. The Bertz CT molecular complexity index is 496. The van der Waals surface area contributed by atoms with E-state index in [9.17, 15) is 4.79 Å². The number of ketones is 1. The molecule has 1 heteroatoms. The van der Waals surface area contributed by atoms with Crippen LogP contribution in [0, 0.1) is 31.6 Å². The van der Waals surface area contributed by atoms with Crippen LogP contribution in [0.3, 0.4) is 0 Å². The maximum Gasteiger partial charge on any atom is 0.140 e. The van der Waals surface area contributed by atoms with E-state index in [0.717, 1.165) is 18.3 Å². The van der Waals surface area contributed by atoms with Gasteiger partial charge < -0.3 is 0 Å². The summed E-state index contributed by atoms with van der Waals surface area (Å²) >= 11 is 0. The van der Waals surface area contributed by atoms with E-state index in [2.05, 4.69) is 32.0 Å². The molecular weight excluding hydrogens is 256 g/mol. The molecule has 3 unspecified atom stereocenters. The molecule has 2 saturated carbocycles. The molecule has 0 N–H and O–H groups in total. The summed E-state index contributed by atoms with van der Waals surface area (Å²) in [6, 6.07) is 6.35. The average Bonchev–Trinajstić information content (AvgIpc) is 2.50. The highest BCUT2D eigenvalue weighted by molar-refractivity contribution is 5.84. The van der Waals surface area contributed by atoms with Crippen molar-refractivity contribution < 1.29 is 4.79 Å². The normalized spacial score (nSPS) is 29.0. The maximum atomic E-state index is 12.7. The molecule has 0 saturated heterocycles. The van der Waals surface area contributed by atoms with Crippen molar-refractivity contribution in [3.8, 4) is 0 Å². The zero-order chi connectivity index (χ0) is 14.8. The Labute approximate surface area is 129 Å². The zero-order valence-electron chi connectivity index (χ0n) is 13.5. The van der Waals surface area contributed by atoms with Crippen LogP contribution in [0.25, 0.3) is 0 Å². The van der Waals surface area contributed by atoms with E-state index in [0.29, 0.717) is 18.1 Å². The number of benzene rings is 1. The second kappa shape index (κ2) is 6.34. The summed E-state index contributed by atoms with van der Waals surface area (Å²) in [4.78, 5) is 12.7. The molecule has 21 heavy (non-hydrogen) atoms. The molecule has 0 amide bonds. The van der Waals surface area contributed by atoms with Crippen molar-refractivity contribution in [2.75, 3.05) is 0 Å². The van der Waals surface area contributed by atoms with E-state index in [1.54, 1.807) is 0 Å². The van der Waals surface area contributed by atoms with Crippen LogP contribution < -0.4 is 0 Å². The fourth-order valence-corrected chi connectivity index (χ4v) is 4.61. The van der Waals surface area contributed by atoms with E-state index in [1.807, 2.05) is 0 Å². The molecule has 2 aliphatic rings. The van der Waals surface area contributed by atoms with Crippen LogP contribution in [0.1, 0.15) is 61.6 Å². The number of aryl methyl sites for hydroxylation is 2. The Balaban J connectivity index is 1.66. The van der Waals surface area contributed by atoms with Crippen molar-refractivity contribution in [3.63, 3.8) is 0 Å². The Morgan fingerprint density at radius 2 is 1.67 bits per heavy atom. The van der Waals surface area contributed by atoms with Crippen LogP contribution in [0.5, 0.6) is 0 Å². The van der Waals surface area contributed by atoms with Gasteiger partial charge >= 0.3 is 0 Å². The molecule has 3 atom stereocenters. The molecule has 2 fully saturated rings. The molecule has 0 aromatic heterocycles. The minimum Gasteiger partial charge on any atom is -0.299 e. The summed E-state index contributed by atoms with van der Waals surface area (Å²) in [6.45, 7) is 4.27. The van der Waals surface area contributed by atoms with Crippen molar-refractivity contribution in [1.29, 1.82) is 0 Å². The van der Waals surface area contributed by atoms with Gasteiger partial charge in [-0.2, -0.15) is 0 Å². The lowest BCUT2D eigenvalue weighted by atomic mass is 9.66. The quantitative estimate of drug-likeness (QED) is 0.761. The Kier molecular flexibility index (Phi) is 4.47. The van der Waals surface area contributed by atoms with Gasteiger partial charge in [0.2, 0.25) is 0 Å².